The summed E-state index contributed by atoms with van der Waals surface area (Å²) in [5.74, 6) is 0. The van der Waals surface area contributed by atoms with Gasteiger partial charge in [-0.05, 0) is 24.3 Å². The van der Waals surface area contributed by atoms with E-state index in [0.29, 0.717) is 11.7 Å². The number of nitrogens with one attached hydrogen (secondary N) is 2. The van der Waals surface area contributed by atoms with Crippen molar-refractivity contribution in [1.82, 2.24) is 20.2 Å². The van der Waals surface area contributed by atoms with Crippen LogP contribution in [0.1, 0.15) is 5.56 Å². The van der Waals surface area contributed by atoms with Crippen molar-refractivity contribution in [3.05, 3.63) is 59.8 Å². The number of H-pyrrole nitrogens is 1. The molecule has 0 amide bonds. The van der Waals surface area contributed by atoms with E-state index in [1.807, 2.05) is 24.3 Å². The average Bonchev–Trinajstić information content (AvgIpc) is 2.96. The fourth-order valence-electron chi connectivity index (χ4n) is 1.91. The first-order chi connectivity index (χ1) is 9.84. The van der Waals surface area contributed by atoms with Crippen LogP contribution < -0.4 is 5.32 Å². The van der Waals surface area contributed by atoms with Gasteiger partial charge in [-0.2, -0.15) is 5.10 Å². The van der Waals surface area contributed by atoms with Gasteiger partial charge in [-0.25, -0.2) is 4.98 Å². The Morgan fingerprint density at radius 2 is 2.05 bits per heavy atom. The van der Waals surface area contributed by atoms with Crippen molar-refractivity contribution < 1.29 is 0 Å². The molecule has 0 spiro atoms. The number of nitrogens with zero attached hydrogens (tertiary/aromatic N) is 3. The third-order valence-corrected chi connectivity index (χ3v) is 3.20. The zero-order valence-electron chi connectivity index (χ0n) is 10.5. The lowest BCUT2D eigenvalue weighted by molar-refractivity contribution is 1.09. The maximum Gasteiger partial charge on any atom is 0.152 e. The molecule has 0 bridgehead atoms. The normalized spacial score (nSPS) is 10.4. The minimum absolute atomic E-state index is 0.457. The molecule has 3 rings (SSSR count). The third kappa shape index (κ3) is 2.62. The topological polar surface area (TPSA) is 66.5 Å². The van der Waals surface area contributed by atoms with Gasteiger partial charge in [-0.1, -0.05) is 11.6 Å². The number of rotatable bonds is 4. The smallest absolute Gasteiger partial charge is 0.152 e. The van der Waals surface area contributed by atoms with Crippen LogP contribution in [0.25, 0.3) is 11.3 Å². The second kappa shape index (κ2) is 5.71. The lowest BCUT2D eigenvalue weighted by Gasteiger charge is -2.07. The Hall–Kier alpha value is -2.40. The minimum Gasteiger partial charge on any atom is -0.378 e. The van der Waals surface area contributed by atoms with Crippen LogP contribution in [0.4, 0.5) is 5.69 Å². The summed E-state index contributed by atoms with van der Waals surface area (Å²) >= 11 is 6.01. The first-order valence-corrected chi connectivity index (χ1v) is 6.49. The first-order valence-electron chi connectivity index (χ1n) is 6.11. The lowest BCUT2D eigenvalue weighted by atomic mass is 10.1. The Kier molecular flexibility index (Phi) is 3.60. The van der Waals surface area contributed by atoms with E-state index in [2.05, 4.69) is 25.5 Å². The minimum atomic E-state index is 0.457. The van der Waals surface area contributed by atoms with E-state index in [4.69, 9.17) is 11.6 Å². The van der Waals surface area contributed by atoms with E-state index >= 15 is 0 Å². The van der Waals surface area contributed by atoms with Gasteiger partial charge in [-0.3, -0.25) is 10.1 Å². The summed E-state index contributed by atoms with van der Waals surface area (Å²) in [4.78, 5) is 8.14. The Bertz CT molecular complexity index is 696. The number of halogens is 1. The average molecular weight is 286 g/mol. The fraction of sp³-hybridized carbons (Fsp3) is 0.0714. The van der Waals surface area contributed by atoms with Gasteiger partial charge in [0.1, 0.15) is 0 Å². The largest absolute Gasteiger partial charge is 0.378 e. The summed E-state index contributed by atoms with van der Waals surface area (Å²) in [5.41, 5.74) is 3.79. The van der Waals surface area contributed by atoms with Crippen molar-refractivity contribution in [2.75, 3.05) is 5.32 Å². The molecule has 3 aromatic rings. The Balaban J connectivity index is 1.80. The molecular weight excluding hydrogens is 274 g/mol. The predicted octanol–water partition coefficient (Wildman–Crippen LogP) is 3.13. The summed E-state index contributed by atoms with van der Waals surface area (Å²) in [6.07, 6.45) is 6.99. The van der Waals surface area contributed by atoms with Crippen molar-refractivity contribution in [2.24, 2.45) is 0 Å². The molecule has 3 heterocycles. The third-order valence-electron chi connectivity index (χ3n) is 2.90. The van der Waals surface area contributed by atoms with Gasteiger partial charge in [0.25, 0.3) is 0 Å². The second-order valence-corrected chi connectivity index (χ2v) is 4.57. The molecule has 5 nitrogen and oxygen atoms in total. The number of hydrogen-bond donors (Lipinski definition) is 2. The molecule has 0 atom stereocenters. The first kappa shape index (κ1) is 12.6. The maximum atomic E-state index is 6.01. The molecule has 2 N–H and O–H groups in total. The van der Waals surface area contributed by atoms with Crippen molar-refractivity contribution in [2.45, 2.75) is 6.54 Å². The summed E-state index contributed by atoms with van der Waals surface area (Å²) < 4.78 is 0. The van der Waals surface area contributed by atoms with Crippen LogP contribution in [-0.4, -0.2) is 20.2 Å². The number of pyridine rings is 2. The molecule has 0 aliphatic heterocycles. The van der Waals surface area contributed by atoms with Gasteiger partial charge in [-0.15, -0.1) is 0 Å². The highest BCUT2D eigenvalue weighted by Crippen LogP contribution is 2.22. The summed E-state index contributed by atoms with van der Waals surface area (Å²) in [6.45, 7) is 0.603. The zero-order valence-corrected chi connectivity index (χ0v) is 11.3. The van der Waals surface area contributed by atoms with Gasteiger partial charge in [0.15, 0.2) is 5.15 Å². The Morgan fingerprint density at radius 3 is 2.85 bits per heavy atom. The number of hydrogen-bond acceptors (Lipinski definition) is 4. The van der Waals surface area contributed by atoms with Crippen LogP contribution in [0, 0.1) is 0 Å². The molecule has 3 aromatic heterocycles. The van der Waals surface area contributed by atoms with Gasteiger partial charge >= 0.3 is 0 Å². The van der Waals surface area contributed by atoms with Gasteiger partial charge in [0.2, 0.25) is 0 Å². The van der Waals surface area contributed by atoms with Crippen molar-refractivity contribution in [1.29, 1.82) is 0 Å². The molecule has 100 valence electrons. The maximum absolute atomic E-state index is 6.01. The van der Waals surface area contributed by atoms with Gasteiger partial charge < -0.3 is 5.32 Å². The molecule has 0 unspecified atom stereocenters. The molecule has 0 saturated carbocycles. The van der Waals surface area contributed by atoms with Gasteiger partial charge in [0.05, 0.1) is 17.6 Å². The number of aromatic amines is 1. The highest BCUT2D eigenvalue weighted by molar-refractivity contribution is 6.31. The molecular formula is C14H12ClN5. The molecule has 0 saturated heterocycles. The summed E-state index contributed by atoms with van der Waals surface area (Å²) in [7, 11) is 0. The highest BCUT2D eigenvalue weighted by atomic mass is 35.5. The molecule has 6 heteroatoms. The van der Waals surface area contributed by atoms with E-state index in [1.54, 1.807) is 24.8 Å². The number of anilines is 1. The molecule has 20 heavy (non-hydrogen) atoms. The molecule has 0 fully saturated rings. The molecule has 0 aliphatic carbocycles. The lowest BCUT2D eigenvalue weighted by Crippen LogP contribution is -2.01. The Labute approximate surface area is 121 Å². The van der Waals surface area contributed by atoms with Crippen molar-refractivity contribution >= 4 is 17.3 Å². The number of aromatic nitrogens is 4. The highest BCUT2D eigenvalue weighted by Gasteiger charge is 2.08. The second-order valence-electron chi connectivity index (χ2n) is 4.21. The van der Waals surface area contributed by atoms with Crippen molar-refractivity contribution in [3.63, 3.8) is 0 Å². The Morgan fingerprint density at radius 1 is 1.15 bits per heavy atom. The van der Waals surface area contributed by atoms with E-state index in [1.165, 1.54) is 0 Å². The summed E-state index contributed by atoms with van der Waals surface area (Å²) in [6, 6.07) is 7.61. The fourth-order valence-corrected chi connectivity index (χ4v) is 2.10. The van der Waals surface area contributed by atoms with Crippen LogP contribution >= 0.6 is 11.6 Å². The van der Waals surface area contributed by atoms with Crippen LogP contribution in [0.5, 0.6) is 0 Å². The van der Waals surface area contributed by atoms with Crippen LogP contribution in [0.2, 0.25) is 5.15 Å². The van der Waals surface area contributed by atoms with Crippen LogP contribution in [0.3, 0.4) is 0 Å². The SMILES string of the molecule is Clc1ncccc1NCc1cn[nH]c1-c1cccnc1. The van der Waals surface area contributed by atoms with E-state index in [9.17, 15) is 0 Å². The van der Waals surface area contributed by atoms with Crippen molar-refractivity contribution in [3.8, 4) is 11.3 Å². The summed E-state index contributed by atoms with van der Waals surface area (Å²) in [5, 5.41) is 10.8. The quantitative estimate of drug-likeness (QED) is 0.723. The molecule has 0 aliphatic rings. The van der Waals surface area contributed by atoms with Gasteiger partial charge in [0, 0.05) is 36.3 Å². The standard InChI is InChI=1S/C14H12ClN5/c15-14-12(4-2-6-17-14)18-8-11-9-19-20-13(11)10-3-1-5-16-7-10/h1-7,9,18H,8H2,(H,19,20). The van der Waals surface area contributed by atoms with E-state index in [0.717, 1.165) is 22.5 Å². The van der Waals surface area contributed by atoms with Crippen LogP contribution in [-0.2, 0) is 6.54 Å². The van der Waals surface area contributed by atoms with Crippen LogP contribution in [0.15, 0.2) is 49.1 Å². The predicted molar refractivity (Wildman–Crippen MR) is 78.4 cm³/mol. The molecule has 0 aromatic carbocycles. The monoisotopic (exact) mass is 285 g/mol. The van der Waals surface area contributed by atoms with E-state index in [-0.39, 0.29) is 0 Å². The zero-order chi connectivity index (χ0) is 13.8. The molecule has 0 radical (unpaired) electrons. The van der Waals surface area contributed by atoms with E-state index < -0.39 is 0 Å².